The number of fused-ring (bicyclic) bond motifs is 3. The van der Waals surface area contributed by atoms with E-state index in [9.17, 15) is 0 Å². The molecule has 1 heterocycles. The summed E-state index contributed by atoms with van der Waals surface area (Å²) in [6.45, 7) is 1.06. The maximum absolute atomic E-state index is 3.58. The average Bonchev–Trinajstić information content (AvgIpc) is 2.29. The van der Waals surface area contributed by atoms with E-state index in [1.807, 2.05) is 0 Å². The molecule has 0 spiro atoms. The van der Waals surface area contributed by atoms with Crippen molar-refractivity contribution in [3.63, 3.8) is 0 Å². The smallest absolute Gasteiger partial charge is 0.0324 e. The van der Waals surface area contributed by atoms with E-state index in [2.05, 4.69) is 47.8 Å². The number of hydrogen-bond acceptors (Lipinski definition) is 1. The van der Waals surface area contributed by atoms with Gasteiger partial charge in [0.2, 0.25) is 0 Å². The Kier molecular flexibility index (Phi) is 1.91. The summed E-state index contributed by atoms with van der Waals surface area (Å²) in [4.78, 5) is 0. The Hall–Kier alpha value is -1.08. The summed E-state index contributed by atoms with van der Waals surface area (Å²) in [6.07, 6.45) is 17.0. The first-order valence-electron chi connectivity index (χ1n) is 5.39. The fourth-order valence-corrected chi connectivity index (χ4v) is 2.73. The molecular formula is C13H15N. The van der Waals surface area contributed by atoms with Gasteiger partial charge in [-0.2, -0.15) is 0 Å². The maximum atomic E-state index is 3.58. The Morgan fingerprint density at radius 1 is 1.14 bits per heavy atom. The molecule has 14 heavy (non-hydrogen) atoms. The van der Waals surface area contributed by atoms with Gasteiger partial charge in [0.1, 0.15) is 0 Å². The van der Waals surface area contributed by atoms with Crippen molar-refractivity contribution in [3.05, 3.63) is 48.1 Å². The highest BCUT2D eigenvalue weighted by atomic mass is 14.9. The van der Waals surface area contributed by atoms with E-state index in [-0.39, 0.29) is 0 Å². The number of piperidine rings is 1. The zero-order valence-electron chi connectivity index (χ0n) is 8.19. The van der Waals surface area contributed by atoms with Gasteiger partial charge in [0.15, 0.2) is 0 Å². The second-order valence-corrected chi connectivity index (χ2v) is 4.27. The molecule has 1 aliphatic heterocycles. The molecular weight excluding hydrogens is 170 g/mol. The Labute approximate surface area is 84.9 Å². The van der Waals surface area contributed by atoms with E-state index in [1.54, 1.807) is 5.57 Å². The molecule has 0 aromatic carbocycles. The zero-order valence-corrected chi connectivity index (χ0v) is 8.19. The number of rotatable bonds is 0. The molecule has 1 N–H and O–H groups in total. The van der Waals surface area contributed by atoms with Crippen molar-refractivity contribution >= 4 is 0 Å². The molecule has 3 aliphatic rings. The predicted octanol–water partition coefficient (Wildman–Crippen LogP) is 2.20. The third-order valence-electron chi connectivity index (χ3n) is 3.50. The van der Waals surface area contributed by atoms with Gasteiger partial charge >= 0.3 is 0 Å². The number of hydrogen-bond donors (Lipinski definition) is 1. The topological polar surface area (TPSA) is 12.0 Å². The fourth-order valence-electron chi connectivity index (χ4n) is 2.73. The third-order valence-corrected chi connectivity index (χ3v) is 3.50. The van der Waals surface area contributed by atoms with Crippen LogP contribution in [0.1, 0.15) is 6.42 Å². The predicted molar refractivity (Wildman–Crippen MR) is 58.9 cm³/mol. The van der Waals surface area contributed by atoms with E-state index >= 15 is 0 Å². The van der Waals surface area contributed by atoms with Crippen LogP contribution in [0.5, 0.6) is 0 Å². The Morgan fingerprint density at radius 3 is 3.07 bits per heavy atom. The van der Waals surface area contributed by atoms with Crippen molar-refractivity contribution in [1.29, 1.82) is 0 Å². The molecule has 0 aromatic heterocycles. The second-order valence-electron chi connectivity index (χ2n) is 4.27. The molecule has 2 aliphatic carbocycles. The second kappa shape index (κ2) is 3.25. The Morgan fingerprint density at radius 2 is 2.07 bits per heavy atom. The van der Waals surface area contributed by atoms with Crippen molar-refractivity contribution in [2.75, 3.05) is 6.54 Å². The molecule has 0 bridgehead atoms. The minimum Gasteiger partial charge on any atom is -0.306 e. The van der Waals surface area contributed by atoms with Crippen molar-refractivity contribution < 1.29 is 0 Å². The summed E-state index contributed by atoms with van der Waals surface area (Å²) in [7, 11) is 0. The van der Waals surface area contributed by atoms with Crippen molar-refractivity contribution in [2.45, 2.75) is 12.5 Å². The zero-order chi connectivity index (χ0) is 9.38. The molecule has 0 aromatic rings. The lowest BCUT2D eigenvalue weighted by Crippen LogP contribution is -2.46. The summed E-state index contributed by atoms with van der Waals surface area (Å²) >= 11 is 0. The molecule has 0 amide bonds. The first-order chi connectivity index (χ1) is 6.95. The quantitative estimate of drug-likeness (QED) is 0.610. The van der Waals surface area contributed by atoms with Gasteiger partial charge in [-0.25, -0.2) is 0 Å². The van der Waals surface area contributed by atoms with Crippen molar-refractivity contribution in [3.8, 4) is 0 Å². The van der Waals surface area contributed by atoms with Gasteiger partial charge in [-0.05, 0) is 12.3 Å². The molecule has 72 valence electrons. The SMILES string of the molecule is C1=CCC2C(=C1)CNC1C=CC=CC12. The molecule has 0 radical (unpaired) electrons. The van der Waals surface area contributed by atoms with E-state index in [0.717, 1.165) is 12.5 Å². The first kappa shape index (κ1) is 8.25. The minimum atomic E-state index is 0.564. The summed E-state index contributed by atoms with van der Waals surface area (Å²) in [5.74, 6) is 1.41. The van der Waals surface area contributed by atoms with Crippen LogP contribution in [0.2, 0.25) is 0 Å². The highest BCUT2D eigenvalue weighted by Gasteiger charge is 2.33. The van der Waals surface area contributed by atoms with Gasteiger partial charge < -0.3 is 5.32 Å². The van der Waals surface area contributed by atoms with E-state index in [1.165, 1.54) is 6.42 Å². The molecule has 1 fully saturated rings. The lowest BCUT2D eigenvalue weighted by Gasteiger charge is -2.39. The van der Waals surface area contributed by atoms with Gasteiger partial charge in [0.25, 0.3) is 0 Å². The highest BCUT2D eigenvalue weighted by Crippen LogP contribution is 2.35. The molecule has 3 rings (SSSR count). The number of nitrogens with one attached hydrogen (secondary N) is 1. The van der Waals surface area contributed by atoms with Gasteiger partial charge in [-0.3, -0.25) is 0 Å². The van der Waals surface area contributed by atoms with E-state index in [4.69, 9.17) is 0 Å². The fraction of sp³-hybridized carbons (Fsp3) is 0.385. The molecule has 3 unspecified atom stereocenters. The molecule has 1 saturated heterocycles. The monoisotopic (exact) mass is 185 g/mol. The van der Waals surface area contributed by atoms with Crippen LogP contribution in [-0.4, -0.2) is 12.6 Å². The molecule has 1 heteroatoms. The highest BCUT2D eigenvalue weighted by molar-refractivity contribution is 5.31. The van der Waals surface area contributed by atoms with E-state index < -0.39 is 0 Å². The van der Waals surface area contributed by atoms with Gasteiger partial charge in [0, 0.05) is 18.5 Å². The van der Waals surface area contributed by atoms with Crippen LogP contribution < -0.4 is 5.32 Å². The maximum Gasteiger partial charge on any atom is 0.0324 e. The van der Waals surface area contributed by atoms with Gasteiger partial charge in [0.05, 0.1) is 0 Å². The van der Waals surface area contributed by atoms with Crippen LogP contribution in [0.3, 0.4) is 0 Å². The van der Waals surface area contributed by atoms with Crippen LogP contribution in [0.4, 0.5) is 0 Å². The van der Waals surface area contributed by atoms with Crippen LogP contribution in [0.15, 0.2) is 48.1 Å². The molecule has 1 nitrogen and oxygen atoms in total. The van der Waals surface area contributed by atoms with Crippen LogP contribution in [0, 0.1) is 11.8 Å². The van der Waals surface area contributed by atoms with Crippen LogP contribution in [0.25, 0.3) is 0 Å². The van der Waals surface area contributed by atoms with Crippen LogP contribution >= 0.6 is 0 Å². The normalized spacial score (nSPS) is 38.9. The van der Waals surface area contributed by atoms with Crippen molar-refractivity contribution in [2.24, 2.45) is 11.8 Å². The third kappa shape index (κ3) is 1.20. The lowest BCUT2D eigenvalue weighted by molar-refractivity contribution is 0.324. The Bertz CT molecular complexity index is 346. The lowest BCUT2D eigenvalue weighted by atomic mass is 9.73. The largest absolute Gasteiger partial charge is 0.306 e. The van der Waals surface area contributed by atoms with Crippen LogP contribution in [-0.2, 0) is 0 Å². The summed E-state index contributed by atoms with van der Waals surface area (Å²) in [5.41, 5.74) is 1.58. The van der Waals surface area contributed by atoms with Gasteiger partial charge in [-0.15, -0.1) is 0 Å². The van der Waals surface area contributed by atoms with Crippen molar-refractivity contribution in [1.82, 2.24) is 5.32 Å². The minimum absolute atomic E-state index is 0.564. The average molecular weight is 185 g/mol. The summed E-state index contributed by atoms with van der Waals surface area (Å²) in [5, 5.41) is 3.58. The molecule has 3 atom stereocenters. The summed E-state index contributed by atoms with van der Waals surface area (Å²) in [6, 6.07) is 0.564. The standard InChI is InChI=1S/C13H15N/c1-2-6-11-10(5-1)9-14-13-8-4-3-7-12(11)13/h1-5,7-8,11-14H,6,9H2. The van der Waals surface area contributed by atoms with Gasteiger partial charge in [-0.1, -0.05) is 48.1 Å². The first-order valence-corrected chi connectivity index (χ1v) is 5.39. The molecule has 0 saturated carbocycles. The van der Waals surface area contributed by atoms with E-state index in [0.29, 0.717) is 12.0 Å². The summed E-state index contributed by atoms with van der Waals surface area (Å²) < 4.78 is 0. The number of allylic oxidation sites excluding steroid dienone is 5. The Balaban J connectivity index is 1.92.